The Balaban J connectivity index is 2.02. The van der Waals surface area contributed by atoms with Crippen LogP contribution < -0.4 is 0 Å². The van der Waals surface area contributed by atoms with Crippen LogP contribution in [0.25, 0.3) is 0 Å². The first-order valence-corrected chi connectivity index (χ1v) is 7.65. The minimum atomic E-state index is 0.219. The van der Waals surface area contributed by atoms with E-state index in [0.29, 0.717) is 12.3 Å². The van der Waals surface area contributed by atoms with Crippen LogP contribution in [0.4, 0.5) is 0 Å². The van der Waals surface area contributed by atoms with Gasteiger partial charge >= 0.3 is 0 Å². The number of amides is 1. The Labute approximate surface area is 120 Å². The summed E-state index contributed by atoms with van der Waals surface area (Å²) >= 11 is 6.02. The van der Waals surface area contributed by atoms with E-state index < -0.39 is 0 Å². The Morgan fingerprint density at radius 3 is 2.68 bits per heavy atom. The number of carbonyl (C=O) groups is 1. The maximum Gasteiger partial charge on any atom is 0.227 e. The molecular weight excluding hydrogens is 258 g/mol. The fourth-order valence-electron chi connectivity index (χ4n) is 2.65. The monoisotopic (exact) mass is 279 g/mol. The quantitative estimate of drug-likeness (QED) is 0.775. The minimum Gasteiger partial charge on any atom is -0.338 e. The lowest BCUT2D eigenvalue weighted by Gasteiger charge is -2.28. The SMILES string of the molecule is Cc1ccc(CC(=O)N2CCCCCC2CCl)cc1. The second-order valence-corrected chi connectivity index (χ2v) is 5.72. The molecule has 0 saturated carbocycles. The van der Waals surface area contributed by atoms with Gasteiger partial charge in [-0.05, 0) is 25.3 Å². The van der Waals surface area contributed by atoms with Crippen LogP contribution in [0, 0.1) is 6.92 Å². The number of hydrogen-bond acceptors (Lipinski definition) is 1. The molecule has 1 unspecified atom stereocenters. The predicted octanol–water partition coefficient (Wildman–Crippen LogP) is 3.55. The summed E-state index contributed by atoms with van der Waals surface area (Å²) < 4.78 is 0. The molecule has 2 rings (SSSR count). The third kappa shape index (κ3) is 3.97. The zero-order valence-corrected chi connectivity index (χ0v) is 12.3. The molecule has 1 heterocycles. The molecule has 1 amide bonds. The van der Waals surface area contributed by atoms with Crippen molar-refractivity contribution in [1.82, 2.24) is 4.90 Å². The van der Waals surface area contributed by atoms with Crippen molar-refractivity contribution in [3.05, 3.63) is 35.4 Å². The average Bonchev–Trinajstić information content (AvgIpc) is 2.66. The molecule has 1 saturated heterocycles. The van der Waals surface area contributed by atoms with Crippen molar-refractivity contribution in [2.45, 2.75) is 45.1 Å². The summed E-state index contributed by atoms with van der Waals surface area (Å²) in [5.41, 5.74) is 2.32. The number of nitrogens with zero attached hydrogens (tertiary/aromatic N) is 1. The van der Waals surface area contributed by atoms with Crippen LogP contribution in [0.15, 0.2) is 24.3 Å². The summed E-state index contributed by atoms with van der Waals surface area (Å²) in [5, 5.41) is 0. The molecule has 1 aliphatic heterocycles. The number of rotatable bonds is 3. The summed E-state index contributed by atoms with van der Waals surface area (Å²) in [7, 11) is 0. The van der Waals surface area contributed by atoms with E-state index in [1.165, 1.54) is 18.4 Å². The van der Waals surface area contributed by atoms with E-state index in [9.17, 15) is 4.79 Å². The van der Waals surface area contributed by atoms with Gasteiger partial charge in [0.1, 0.15) is 0 Å². The van der Waals surface area contributed by atoms with Gasteiger partial charge in [0.25, 0.3) is 0 Å². The van der Waals surface area contributed by atoms with E-state index in [1.807, 2.05) is 17.0 Å². The first-order valence-electron chi connectivity index (χ1n) is 7.11. The fourth-order valence-corrected chi connectivity index (χ4v) is 2.97. The van der Waals surface area contributed by atoms with Crippen molar-refractivity contribution in [3.8, 4) is 0 Å². The summed E-state index contributed by atoms with van der Waals surface area (Å²) in [6.45, 7) is 2.92. The number of benzene rings is 1. The molecule has 1 aliphatic rings. The van der Waals surface area contributed by atoms with Gasteiger partial charge in [-0.1, -0.05) is 42.7 Å². The van der Waals surface area contributed by atoms with E-state index in [-0.39, 0.29) is 11.9 Å². The minimum absolute atomic E-state index is 0.219. The first kappa shape index (κ1) is 14.4. The summed E-state index contributed by atoms with van der Waals surface area (Å²) in [6.07, 6.45) is 5.04. The zero-order chi connectivity index (χ0) is 13.7. The van der Waals surface area contributed by atoms with Crippen LogP contribution in [0.5, 0.6) is 0 Å². The van der Waals surface area contributed by atoms with Crippen molar-refractivity contribution in [3.63, 3.8) is 0 Å². The fraction of sp³-hybridized carbons (Fsp3) is 0.562. The van der Waals surface area contributed by atoms with Gasteiger partial charge < -0.3 is 4.90 Å². The van der Waals surface area contributed by atoms with E-state index >= 15 is 0 Å². The molecule has 0 radical (unpaired) electrons. The van der Waals surface area contributed by atoms with Gasteiger partial charge in [0.2, 0.25) is 5.91 Å². The Morgan fingerprint density at radius 1 is 1.26 bits per heavy atom. The van der Waals surface area contributed by atoms with Crippen LogP contribution in [-0.2, 0) is 11.2 Å². The van der Waals surface area contributed by atoms with Crippen LogP contribution in [0.1, 0.15) is 36.8 Å². The van der Waals surface area contributed by atoms with Gasteiger partial charge in [-0.25, -0.2) is 0 Å². The molecule has 1 aromatic carbocycles. The van der Waals surface area contributed by atoms with E-state index in [2.05, 4.69) is 19.1 Å². The van der Waals surface area contributed by atoms with Crippen LogP contribution in [0.3, 0.4) is 0 Å². The summed E-state index contributed by atoms with van der Waals surface area (Å²) in [4.78, 5) is 14.4. The number of carbonyl (C=O) groups excluding carboxylic acids is 1. The standard InChI is InChI=1S/C16H22ClNO/c1-13-6-8-14(9-7-13)11-16(19)18-10-4-2-3-5-15(18)12-17/h6-9,15H,2-5,10-12H2,1H3. The smallest absolute Gasteiger partial charge is 0.227 e. The highest BCUT2D eigenvalue weighted by atomic mass is 35.5. The molecule has 0 N–H and O–H groups in total. The highest BCUT2D eigenvalue weighted by Crippen LogP contribution is 2.19. The number of alkyl halides is 1. The third-order valence-corrected chi connectivity index (χ3v) is 4.21. The van der Waals surface area contributed by atoms with Crippen LogP contribution in [-0.4, -0.2) is 29.3 Å². The Morgan fingerprint density at radius 2 is 2.00 bits per heavy atom. The lowest BCUT2D eigenvalue weighted by atomic mass is 10.1. The van der Waals surface area contributed by atoms with Crippen LogP contribution in [0.2, 0.25) is 0 Å². The van der Waals surface area contributed by atoms with Gasteiger partial charge in [0.05, 0.1) is 6.42 Å². The Hall–Kier alpha value is -1.02. The second kappa shape index (κ2) is 6.95. The number of halogens is 1. The molecule has 0 bridgehead atoms. The largest absolute Gasteiger partial charge is 0.338 e. The van der Waals surface area contributed by atoms with Gasteiger partial charge in [-0.2, -0.15) is 0 Å². The summed E-state index contributed by atoms with van der Waals surface area (Å²) in [5.74, 6) is 0.774. The third-order valence-electron chi connectivity index (χ3n) is 3.85. The van der Waals surface area contributed by atoms with E-state index in [4.69, 9.17) is 11.6 Å². The average molecular weight is 280 g/mol. The number of likely N-dealkylation sites (tertiary alicyclic amines) is 1. The Kier molecular flexibility index (Phi) is 5.26. The lowest BCUT2D eigenvalue weighted by molar-refractivity contribution is -0.132. The highest BCUT2D eigenvalue weighted by molar-refractivity contribution is 6.18. The maximum atomic E-state index is 12.4. The molecule has 1 aromatic rings. The molecule has 104 valence electrons. The molecular formula is C16H22ClNO. The molecule has 1 atom stereocenters. The topological polar surface area (TPSA) is 20.3 Å². The lowest BCUT2D eigenvalue weighted by Crippen LogP contribution is -2.41. The van der Waals surface area contributed by atoms with Crippen molar-refractivity contribution in [2.24, 2.45) is 0 Å². The molecule has 1 fully saturated rings. The Bertz CT molecular complexity index is 415. The van der Waals surface area contributed by atoms with E-state index in [0.717, 1.165) is 24.9 Å². The second-order valence-electron chi connectivity index (χ2n) is 5.41. The van der Waals surface area contributed by atoms with Crippen LogP contribution >= 0.6 is 11.6 Å². The molecule has 2 nitrogen and oxygen atoms in total. The van der Waals surface area contributed by atoms with Crippen molar-refractivity contribution >= 4 is 17.5 Å². The van der Waals surface area contributed by atoms with Crippen molar-refractivity contribution < 1.29 is 4.79 Å². The molecule has 0 aliphatic carbocycles. The number of aryl methyl sites for hydroxylation is 1. The zero-order valence-electron chi connectivity index (χ0n) is 11.6. The predicted molar refractivity (Wildman–Crippen MR) is 79.6 cm³/mol. The van der Waals surface area contributed by atoms with Gasteiger partial charge in [-0.3, -0.25) is 4.79 Å². The highest BCUT2D eigenvalue weighted by Gasteiger charge is 2.24. The molecule has 3 heteroatoms. The summed E-state index contributed by atoms with van der Waals surface area (Å²) in [6, 6.07) is 8.43. The number of hydrogen-bond donors (Lipinski definition) is 0. The normalized spacial score (nSPS) is 20.1. The van der Waals surface area contributed by atoms with Crippen molar-refractivity contribution in [1.29, 1.82) is 0 Å². The molecule has 0 aromatic heterocycles. The van der Waals surface area contributed by atoms with E-state index in [1.54, 1.807) is 0 Å². The first-order chi connectivity index (χ1) is 9.20. The van der Waals surface area contributed by atoms with Gasteiger partial charge in [0, 0.05) is 18.5 Å². The molecule has 0 spiro atoms. The maximum absolute atomic E-state index is 12.4. The molecule has 19 heavy (non-hydrogen) atoms. The van der Waals surface area contributed by atoms with Crippen molar-refractivity contribution in [2.75, 3.05) is 12.4 Å². The van der Waals surface area contributed by atoms with Gasteiger partial charge in [0.15, 0.2) is 0 Å². The van der Waals surface area contributed by atoms with Gasteiger partial charge in [-0.15, -0.1) is 11.6 Å².